The highest BCUT2D eigenvalue weighted by Crippen LogP contribution is 2.30. The maximum Gasteiger partial charge on any atom is 0.264 e. The minimum Gasteiger partial charge on any atom is -0.350 e. The van der Waals surface area contributed by atoms with Crippen LogP contribution in [0.4, 0.5) is 10.1 Å². The van der Waals surface area contributed by atoms with Gasteiger partial charge in [0.05, 0.1) is 10.6 Å². The fraction of sp³-hybridized carbons (Fsp3) is 0.310. The minimum absolute atomic E-state index is 0.0545. The summed E-state index contributed by atoms with van der Waals surface area (Å²) >= 11 is 12.4. The number of amides is 2. The van der Waals surface area contributed by atoms with Crippen LogP contribution in [-0.2, 0) is 26.2 Å². The van der Waals surface area contributed by atoms with Crippen LogP contribution >= 0.6 is 23.2 Å². The number of nitrogens with zero attached hydrogens (tertiary/aromatic N) is 2. The Morgan fingerprint density at radius 2 is 1.55 bits per heavy atom. The monoisotopic (exact) mass is 607 g/mol. The summed E-state index contributed by atoms with van der Waals surface area (Å²) in [6, 6.07) is 15.2. The first-order valence-electron chi connectivity index (χ1n) is 12.5. The molecule has 1 atom stereocenters. The first-order chi connectivity index (χ1) is 18.6. The Kier molecular flexibility index (Phi) is 9.87. The van der Waals surface area contributed by atoms with E-state index in [4.69, 9.17) is 23.2 Å². The third-order valence-corrected chi connectivity index (χ3v) is 8.21. The van der Waals surface area contributed by atoms with Crippen molar-refractivity contribution in [2.24, 2.45) is 0 Å². The van der Waals surface area contributed by atoms with E-state index in [-0.39, 0.29) is 32.7 Å². The van der Waals surface area contributed by atoms with Gasteiger partial charge in [0.25, 0.3) is 10.0 Å². The van der Waals surface area contributed by atoms with Crippen LogP contribution in [-0.4, -0.2) is 43.3 Å². The molecule has 0 heterocycles. The molecule has 0 fully saturated rings. The fourth-order valence-electron chi connectivity index (χ4n) is 3.92. The highest BCUT2D eigenvalue weighted by molar-refractivity contribution is 7.92. The molecular weight excluding hydrogens is 576 g/mol. The number of carbonyl (C=O) groups excluding carboxylic acids is 2. The van der Waals surface area contributed by atoms with E-state index in [1.165, 1.54) is 55.5 Å². The lowest BCUT2D eigenvalue weighted by atomic mass is 10.1. The van der Waals surface area contributed by atoms with Gasteiger partial charge in [-0.2, -0.15) is 0 Å². The van der Waals surface area contributed by atoms with Gasteiger partial charge in [0, 0.05) is 27.7 Å². The van der Waals surface area contributed by atoms with Crippen molar-refractivity contribution in [3.63, 3.8) is 0 Å². The predicted molar refractivity (Wildman–Crippen MR) is 156 cm³/mol. The molecule has 1 N–H and O–H groups in total. The van der Waals surface area contributed by atoms with E-state index in [1.807, 2.05) is 6.92 Å². The first kappa shape index (κ1) is 31.4. The number of aryl methyl sites for hydroxylation is 1. The molecule has 0 aromatic heterocycles. The summed E-state index contributed by atoms with van der Waals surface area (Å²) in [6.45, 7) is 7.74. The molecule has 40 heavy (non-hydrogen) atoms. The Hall–Kier alpha value is -3.14. The number of anilines is 1. The van der Waals surface area contributed by atoms with Crippen LogP contribution in [0.15, 0.2) is 71.6 Å². The largest absolute Gasteiger partial charge is 0.350 e. The molecule has 3 aromatic carbocycles. The molecule has 0 unspecified atom stereocenters. The number of hydrogen-bond donors (Lipinski definition) is 1. The molecule has 0 aliphatic rings. The molecule has 0 saturated heterocycles. The molecular formula is C29H32Cl2FN3O4S. The number of hydrogen-bond acceptors (Lipinski definition) is 4. The van der Waals surface area contributed by atoms with Gasteiger partial charge in [-0.1, -0.05) is 59.1 Å². The topological polar surface area (TPSA) is 86.8 Å². The van der Waals surface area contributed by atoms with Crippen LogP contribution in [0, 0.1) is 12.7 Å². The molecule has 0 saturated carbocycles. The van der Waals surface area contributed by atoms with Crippen molar-refractivity contribution in [2.75, 3.05) is 10.8 Å². The molecule has 2 amide bonds. The van der Waals surface area contributed by atoms with Gasteiger partial charge in [-0.15, -0.1) is 0 Å². The van der Waals surface area contributed by atoms with Gasteiger partial charge in [-0.25, -0.2) is 12.8 Å². The normalized spacial score (nSPS) is 12.5. The number of carbonyl (C=O) groups is 2. The predicted octanol–water partition coefficient (Wildman–Crippen LogP) is 5.97. The van der Waals surface area contributed by atoms with E-state index in [9.17, 15) is 22.4 Å². The van der Waals surface area contributed by atoms with Gasteiger partial charge in [-0.05, 0) is 71.0 Å². The zero-order valence-corrected chi connectivity index (χ0v) is 25.2. The molecule has 7 nitrogen and oxygen atoms in total. The smallest absolute Gasteiger partial charge is 0.264 e. The lowest BCUT2D eigenvalue weighted by Gasteiger charge is -2.33. The molecule has 214 valence electrons. The Morgan fingerprint density at radius 1 is 0.975 bits per heavy atom. The van der Waals surface area contributed by atoms with E-state index in [0.29, 0.717) is 0 Å². The summed E-state index contributed by atoms with van der Waals surface area (Å²) in [6.07, 6.45) is 0. The van der Waals surface area contributed by atoms with Crippen molar-refractivity contribution in [1.82, 2.24) is 10.2 Å². The Bertz CT molecular complexity index is 1470. The van der Waals surface area contributed by atoms with Crippen LogP contribution in [0.1, 0.15) is 38.8 Å². The quantitative estimate of drug-likeness (QED) is 0.325. The van der Waals surface area contributed by atoms with Crippen LogP contribution in [0.2, 0.25) is 10.0 Å². The van der Waals surface area contributed by atoms with Gasteiger partial charge in [0.15, 0.2) is 0 Å². The molecule has 0 aliphatic heterocycles. The summed E-state index contributed by atoms with van der Waals surface area (Å²) in [7, 11) is -4.29. The Balaban J connectivity index is 2.08. The van der Waals surface area contributed by atoms with Gasteiger partial charge < -0.3 is 10.2 Å². The van der Waals surface area contributed by atoms with Gasteiger partial charge in [0.1, 0.15) is 18.4 Å². The standard InChI is InChI=1S/C29H32Cl2FN3O4S/c1-19-10-12-25(13-11-19)40(38,39)35(24-15-22(30)14-23(31)16-24)18-27(36)34(17-21-8-6-7-9-26(21)32)20(2)28(37)33-29(3,4)5/h6-16,20H,17-18H2,1-5H3,(H,33,37)/t20-/m1/s1. The van der Waals surface area contributed by atoms with Gasteiger partial charge in [-0.3, -0.25) is 13.9 Å². The Morgan fingerprint density at radius 3 is 2.10 bits per heavy atom. The van der Waals surface area contributed by atoms with Crippen LogP contribution in [0.3, 0.4) is 0 Å². The SMILES string of the molecule is Cc1ccc(S(=O)(=O)N(CC(=O)N(Cc2ccccc2F)[C@H](C)C(=O)NC(C)(C)C)c2cc(Cl)cc(Cl)c2)cc1. The van der Waals surface area contributed by atoms with Crippen molar-refractivity contribution in [3.05, 3.63) is 93.7 Å². The van der Waals surface area contributed by atoms with Crippen LogP contribution in [0.25, 0.3) is 0 Å². The average molecular weight is 609 g/mol. The number of sulfonamides is 1. The van der Waals surface area contributed by atoms with E-state index >= 15 is 0 Å². The van der Waals surface area contributed by atoms with Crippen molar-refractivity contribution in [2.45, 2.75) is 57.6 Å². The average Bonchev–Trinajstić information content (AvgIpc) is 2.84. The van der Waals surface area contributed by atoms with E-state index in [0.717, 1.165) is 14.8 Å². The highest BCUT2D eigenvalue weighted by atomic mass is 35.5. The molecule has 0 aliphatic carbocycles. The summed E-state index contributed by atoms with van der Waals surface area (Å²) in [5.41, 5.74) is 0.479. The molecule has 0 spiro atoms. The maximum absolute atomic E-state index is 14.6. The van der Waals surface area contributed by atoms with E-state index in [1.54, 1.807) is 39.0 Å². The lowest BCUT2D eigenvalue weighted by Crippen LogP contribution is -2.54. The second-order valence-corrected chi connectivity index (χ2v) is 13.2. The number of nitrogens with one attached hydrogen (secondary N) is 1. The zero-order chi connectivity index (χ0) is 29.8. The summed E-state index contributed by atoms with van der Waals surface area (Å²) in [4.78, 5) is 28.1. The first-order valence-corrected chi connectivity index (χ1v) is 14.7. The summed E-state index contributed by atoms with van der Waals surface area (Å²) in [5, 5.41) is 3.16. The second-order valence-electron chi connectivity index (χ2n) is 10.5. The molecule has 3 aromatic rings. The second kappa shape index (κ2) is 12.6. The minimum atomic E-state index is -4.29. The molecule has 0 bridgehead atoms. The van der Waals surface area contributed by atoms with Crippen molar-refractivity contribution < 1.29 is 22.4 Å². The number of halogens is 3. The lowest BCUT2D eigenvalue weighted by molar-refractivity contribution is -0.140. The third kappa shape index (κ3) is 7.96. The van der Waals surface area contributed by atoms with Crippen LogP contribution < -0.4 is 9.62 Å². The van der Waals surface area contributed by atoms with Crippen LogP contribution in [0.5, 0.6) is 0 Å². The van der Waals surface area contributed by atoms with Crippen molar-refractivity contribution >= 4 is 50.7 Å². The van der Waals surface area contributed by atoms with Crippen molar-refractivity contribution in [3.8, 4) is 0 Å². The van der Waals surface area contributed by atoms with Gasteiger partial charge >= 0.3 is 0 Å². The van der Waals surface area contributed by atoms with E-state index < -0.39 is 45.8 Å². The number of rotatable bonds is 9. The number of benzene rings is 3. The maximum atomic E-state index is 14.6. The zero-order valence-electron chi connectivity index (χ0n) is 22.9. The molecule has 11 heteroatoms. The Labute approximate surface area is 244 Å². The van der Waals surface area contributed by atoms with Gasteiger partial charge in [0.2, 0.25) is 11.8 Å². The highest BCUT2D eigenvalue weighted by Gasteiger charge is 2.34. The summed E-state index contributed by atoms with van der Waals surface area (Å²) < 4.78 is 43.2. The fourth-order valence-corrected chi connectivity index (χ4v) is 5.83. The van der Waals surface area contributed by atoms with E-state index in [2.05, 4.69) is 5.32 Å². The summed E-state index contributed by atoms with van der Waals surface area (Å²) in [5.74, 6) is -1.77. The molecule has 3 rings (SSSR count). The van der Waals surface area contributed by atoms with Crippen molar-refractivity contribution in [1.29, 1.82) is 0 Å². The third-order valence-electron chi connectivity index (χ3n) is 5.99. The molecule has 0 radical (unpaired) electrons.